The minimum absolute atomic E-state index is 0.0287. The van der Waals surface area contributed by atoms with Gasteiger partial charge in [-0.15, -0.1) is 11.3 Å². The lowest BCUT2D eigenvalue weighted by atomic mass is 10.2. The highest BCUT2D eigenvalue weighted by Crippen LogP contribution is 2.15. The maximum absolute atomic E-state index is 12.1. The number of amides is 1. The van der Waals surface area contributed by atoms with Gasteiger partial charge < -0.3 is 14.8 Å². The van der Waals surface area contributed by atoms with E-state index in [1.165, 1.54) is 24.6 Å². The molecule has 0 radical (unpaired) electrons. The van der Waals surface area contributed by atoms with E-state index in [4.69, 9.17) is 9.47 Å². The molecule has 0 fully saturated rings. The van der Waals surface area contributed by atoms with Crippen molar-refractivity contribution < 1.29 is 19.1 Å². The van der Waals surface area contributed by atoms with Crippen molar-refractivity contribution in [3.8, 4) is 5.88 Å². The fraction of sp³-hybridized carbons (Fsp3) is 0.200. The van der Waals surface area contributed by atoms with Crippen LogP contribution in [0.1, 0.15) is 26.6 Å². The summed E-state index contributed by atoms with van der Waals surface area (Å²) in [6.07, 6.45) is 1.55. The summed E-state index contributed by atoms with van der Waals surface area (Å²) in [7, 11) is 1.50. The van der Waals surface area contributed by atoms with Crippen LogP contribution in [0.4, 0.5) is 5.69 Å². The lowest BCUT2D eigenvalue weighted by Crippen LogP contribution is -2.14. The molecule has 8 heteroatoms. The molecular formula is C20H19N3O4S. The van der Waals surface area contributed by atoms with Gasteiger partial charge in [0.1, 0.15) is 11.6 Å². The number of ether oxygens (including phenoxy) is 2. The van der Waals surface area contributed by atoms with Gasteiger partial charge in [0.15, 0.2) is 0 Å². The Balaban J connectivity index is 1.49. The Bertz CT molecular complexity index is 952. The highest BCUT2D eigenvalue weighted by molar-refractivity contribution is 7.09. The lowest BCUT2D eigenvalue weighted by Gasteiger charge is -2.04. The first-order valence-electron chi connectivity index (χ1n) is 8.50. The topological polar surface area (TPSA) is 90.4 Å². The van der Waals surface area contributed by atoms with Gasteiger partial charge in [0, 0.05) is 23.3 Å². The normalized spacial score (nSPS) is 10.4. The Morgan fingerprint density at radius 2 is 1.93 bits per heavy atom. The standard InChI is InChI=1S/C20H19N3O4S/c1-13-3-6-15(7-4-13)22-17(24)9-19-23-16(12-28-19)11-27-20(25)14-5-8-18(26-2)21-10-14/h3-8,10,12H,9,11H2,1-2H3,(H,22,24). The van der Waals surface area contributed by atoms with Crippen molar-refractivity contribution in [2.45, 2.75) is 20.0 Å². The van der Waals surface area contributed by atoms with E-state index in [0.29, 0.717) is 22.1 Å². The second-order valence-corrected chi connectivity index (χ2v) is 6.93. The summed E-state index contributed by atoms with van der Waals surface area (Å²) in [5.74, 6) is -0.225. The molecule has 2 aromatic heterocycles. The van der Waals surface area contributed by atoms with Crippen LogP contribution in [0.2, 0.25) is 0 Å². The van der Waals surface area contributed by atoms with Crippen molar-refractivity contribution in [1.82, 2.24) is 9.97 Å². The van der Waals surface area contributed by atoms with Crippen LogP contribution in [0, 0.1) is 6.92 Å². The second-order valence-electron chi connectivity index (χ2n) is 5.99. The highest BCUT2D eigenvalue weighted by Gasteiger charge is 2.12. The molecule has 0 saturated carbocycles. The van der Waals surface area contributed by atoms with Crippen LogP contribution < -0.4 is 10.1 Å². The summed E-state index contributed by atoms with van der Waals surface area (Å²) in [6.45, 7) is 2.02. The van der Waals surface area contributed by atoms with Gasteiger partial charge in [-0.3, -0.25) is 4.79 Å². The third-order valence-corrected chi connectivity index (χ3v) is 4.68. The highest BCUT2D eigenvalue weighted by atomic mass is 32.1. The summed E-state index contributed by atoms with van der Waals surface area (Å²) >= 11 is 1.35. The van der Waals surface area contributed by atoms with Gasteiger partial charge in [-0.1, -0.05) is 17.7 Å². The van der Waals surface area contributed by atoms with E-state index in [9.17, 15) is 9.59 Å². The molecule has 28 heavy (non-hydrogen) atoms. The third-order valence-electron chi connectivity index (χ3n) is 3.78. The first kappa shape index (κ1) is 19.5. The molecule has 0 atom stereocenters. The number of hydrogen-bond acceptors (Lipinski definition) is 7. The molecule has 1 amide bonds. The van der Waals surface area contributed by atoms with Crippen LogP contribution in [0.15, 0.2) is 48.0 Å². The monoisotopic (exact) mass is 397 g/mol. The quantitative estimate of drug-likeness (QED) is 0.615. The molecule has 1 aromatic carbocycles. The molecule has 1 N–H and O–H groups in total. The molecule has 0 unspecified atom stereocenters. The van der Waals surface area contributed by atoms with Crippen molar-refractivity contribution in [3.05, 3.63) is 69.8 Å². The van der Waals surface area contributed by atoms with Crippen molar-refractivity contribution in [2.75, 3.05) is 12.4 Å². The fourth-order valence-electron chi connectivity index (χ4n) is 2.32. The molecule has 3 aromatic rings. The predicted octanol–water partition coefficient (Wildman–Crippen LogP) is 3.39. The van der Waals surface area contributed by atoms with Gasteiger partial charge in [0.2, 0.25) is 11.8 Å². The molecule has 0 aliphatic carbocycles. The molecule has 144 valence electrons. The number of aryl methyl sites for hydroxylation is 1. The van der Waals surface area contributed by atoms with E-state index in [2.05, 4.69) is 15.3 Å². The number of esters is 1. The summed E-state index contributed by atoms with van der Waals surface area (Å²) in [6, 6.07) is 10.7. The maximum atomic E-state index is 12.1. The molecule has 0 aliphatic rings. The summed E-state index contributed by atoms with van der Waals surface area (Å²) in [5, 5.41) is 5.26. The minimum atomic E-state index is -0.498. The number of methoxy groups -OCH3 is 1. The van der Waals surface area contributed by atoms with E-state index >= 15 is 0 Å². The Morgan fingerprint density at radius 1 is 1.14 bits per heavy atom. The Hall–Kier alpha value is -3.26. The molecule has 2 heterocycles. The summed E-state index contributed by atoms with van der Waals surface area (Å²) < 4.78 is 10.2. The SMILES string of the molecule is COc1ccc(C(=O)OCc2csc(CC(=O)Nc3ccc(C)cc3)n2)cn1. The zero-order valence-electron chi connectivity index (χ0n) is 15.5. The van der Waals surface area contributed by atoms with Crippen molar-refractivity contribution >= 4 is 28.9 Å². The van der Waals surface area contributed by atoms with E-state index in [1.807, 2.05) is 31.2 Å². The number of carbonyl (C=O) groups excluding carboxylic acids is 2. The van der Waals surface area contributed by atoms with Crippen molar-refractivity contribution in [1.29, 1.82) is 0 Å². The molecule has 0 spiro atoms. The maximum Gasteiger partial charge on any atom is 0.340 e. The van der Waals surface area contributed by atoms with Crippen LogP contribution in [0.3, 0.4) is 0 Å². The van der Waals surface area contributed by atoms with Crippen LogP contribution in [-0.2, 0) is 22.6 Å². The summed E-state index contributed by atoms with van der Waals surface area (Å²) in [5.41, 5.74) is 2.80. The molecule has 0 bridgehead atoms. The summed E-state index contributed by atoms with van der Waals surface area (Å²) in [4.78, 5) is 32.5. The van der Waals surface area contributed by atoms with Gasteiger partial charge in [0.25, 0.3) is 0 Å². The molecule has 0 aliphatic heterocycles. The Kier molecular flexibility index (Phi) is 6.33. The van der Waals surface area contributed by atoms with Gasteiger partial charge >= 0.3 is 5.97 Å². The number of benzene rings is 1. The smallest absolute Gasteiger partial charge is 0.340 e. The van der Waals surface area contributed by atoms with Gasteiger partial charge in [-0.05, 0) is 25.1 Å². The van der Waals surface area contributed by atoms with Crippen LogP contribution >= 0.6 is 11.3 Å². The van der Waals surface area contributed by atoms with Crippen molar-refractivity contribution in [3.63, 3.8) is 0 Å². The number of hydrogen-bond donors (Lipinski definition) is 1. The first-order valence-corrected chi connectivity index (χ1v) is 9.38. The average molecular weight is 397 g/mol. The largest absolute Gasteiger partial charge is 0.481 e. The minimum Gasteiger partial charge on any atom is -0.481 e. The Morgan fingerprint density at radius 3 is 2.61 bits per heavy atom. The first-order chi connectivity index (χ1) is 13.5. The molecular weight excluding hydrogens is 378 g/mol. The zero-order chi connectivity index (χ0) is 19.9. The molecule has 7 nitrogen and oxygen atoms in total. The number of carbonyl (C=O) groups is 2. The number of pyridine rings is 1. The van der Waals surface area contributed by atoms with Gasteiger partial charge in [0.05, 0.1) is 24.8 Å². The Labute approximate surface area is 166 Å². The number of aromatic nitrogens is 2. The molecule has 3 rings (SSSR count). The number of anilines is 1. The average Bonchev–Trinajstić information content (AvgIpc) is 3.15. The fourth-order valence-corrected chi connectivity index (χ4v) is 3.10. The van der Waals surface area contributed by atoms with Gasteiger partial charge in [-0.2, -0.15) is 0 Å². The second kappa shape index (κ2) is 9.09. The van der Waals surface area contributed by atoms with E-state index < -0.39 is 5.97 Å². The van der Waals surface area contributed by atoms with Crippen LogP contribution in [0.5, 0.6) is 5.88 Å². The van der Waals surface area contributed by atoms with E-state index in [-0.39, 0.29) is 18.9 Å². The van der Waals surface area contributed by atoms with Crippen LogP contribution in [-0.4, -0.2) is 29.0 Å². The van der Waals surface area contributed by atoms with Gasteiger partial charge in [-0.25, -0.2) is 14.8 Å². The van der Waals surface area contributed by atoms with E-state index in [0.717, 1.165) is 11.3 Å². The molecule has 0 saturated heterocycles. The number of nitrogens with zero attached hydrogens (tertiary/aromatic N) is 2. The number of rotatable bonds is 7. The number of thiazole rings is 1. The van der Waals surface area contributed by atoms with Crippen molar-refractivity contribution in [2.24, 2.45) is 0 Å². The number of nitrogens with one attached hydrogen (secondary N) is 1. The lowest BCUT2D eigenvalue weighted by molar-refractivity contribution is -0.115. The van der Waals surface area contributed by atoms with E-state index in [1.54, 1.807) is 17.5 Å². The third kappa shape index (κ3) is 5.37. The zero-order valence-corrected chi connectivity index (χ0v) is 16.3. The van der Waals surface area contributed by atoms with Crippen LogP contribution in [0.25, 0.3) is 0 Å². The predicted molar refractivity (Wildman–Crippen MR) is 106 cm³/mol.